The van der Waals surface area contributed by atoms with Gasteiger partial charge in [0.05, 0.1) is 17.2 Å². The molecule has 1 aliphatic heterocycles. The van der Waals surface area contributed by atoms with Crippen molar-refractivity contribution in [2.45, 2.75) is 90.1 Å². The lowest BCUT2D eigenvalue weighted by molar-refractivity contribution is -0.785. The van der Waals surface area contributed by atoms with Crippen LogP contribution in [0.25, 0.3) is 66.5 Å². The molecule has 0 fully saturated rings. The average molecular weight is 735 g/mol. The van der Waals surface area contributed by atoms with Gasteiger partial charge in [-0.2, -0.15) is 14.1 Å². The predicted molar refractivity (Wildman–Crippen MR) is 222 cm³/mol. The minimum Gasteiger partial charge on any atom is -0.309 e. The summed E-state index contributed by atoms with van der Waals surface area (Å²) in [5.41, 5.74) is 10.1. The van der Waals surface area contributed by atoms with Crippen molar-refractivity contribution >= 4 is 49.3 Å². The molecule has 8 nitrogen and oxygen atoms in total. The molecule has 0 bridgehead atoms. The van der Waals surface area contributed by atoms with Crippen LogP contribution in [0.5, 0.6) is 0 Å². The summed E-state index contributed by atoms with van der Waals surface area (Å²) in [6.45, 7) is 13.6. The number of fused-ring (bicyclic) bond motifs is 20. The van der Waals surface area contributed by atoms with Crippen molar-refractivity contribution in [1.82, 2.24) is 29.3 Å². The standard InChI is InChI=1S/C48H46N8/c1-7-10-17-30-18-15-19-31(28-30)54-35-22-12-11-20-32(35)39-36(54)25-24-33-40(39)38-29-50-34-21-16-26-49-43(34)55(38)42-41(33)47(8-2)48(42,9-3)53-27-14-13-23-37(53)44-51-45(46(4,5)6)52-56(44)47/h11-16,18-29H,7-10,17H2,1-6H3/q+2. The molecule has 0 saturated carbocycles. The molecule has 3 aromatic carbocycles. The van der Waals surface area contributed by atoms with Gasteiger partial charge in [0.1, 0.15) is 6.20 Å². The van der Waals surface area contributed by atoms with Gasteiger partial charge in [-0.3, -0.25) is 0 Å². The monoisotopic (exact) mass is 734 g/mol. The Balaban J connectivity index is 1.36. The topological polar surface area (TPSA) is 69.4 Å². The Morgan fingerprint density at radius 1 is 0.786 bits per heavy atom. The Kier molecular flexibility index (Phi) is 6.85. The van der Waals surface area contributed by atoms with Gasteiger partial charge in [0.2, 0.25) is 5.82 Å². The molecular weight excluding hydrogens is 689 g/mol. The van der Waals surface area contributed by atoms with Crippen LogP contribution in [0.2, 0.25) is 0 Å². The molecule has 8 heteroatoms. The highest BCUT2D eigenvalue weighted by Gasteiger charge is 2.78. The van der Waals surface area contributed by atoms with Crippen LogP contribution in [-0.4, -0.2) is 29.3 Å². The van der Waals surface area contributed by atoms with Crippen molar-refractivity contribution in [3.8, 4) is 17.2 Å². The van der Waals surface area contributed by atoms with E-state index in [0.29, 0.717) is 0 Å². The lowest BCUT2D eigenvalue weighted by Gasteiger charge is -2.55. The van der Waals surface area contributed by atoms with Gasteiger partial charge >= 0.3 is 5.65 Å². The summed E-state index contributed by atoms with van der Waals surface area (Å²) in [7, 11) is 0. The van der Waals surface area contributed by atoms with E-state index in [1.54, 1.807) is 0 Å². The molecular formula is C48H46N8+2. The van der Waals surface area contributed by atoms with Crippen molar-refractivity contribution in [3.63, 3.8) is 0 Å². The highest BCUT2D eigenvalue weighted by molar-refractivity contribution is 6.25. The van der Waals surface area contributed by atoms with Gasteiger partial charge in [0, 0.05) is 51.4 Å². The molecule has 276 valence electrons. The zero-order valence-electron chi connectivity index (χ0n) is 33.0. The van der Waals surface area contributed by atoms with Crippen LogP contribution >= 0.6 is 0 Å². The molecule has 0 saturated heterocycles. The summed E-state index contributed by atoms with van der Waals surface area (Å²) in [5, 5.41) is 10.4. The molecule has 6 aromatic heterocycles. The molecule has 2 atom stereocenters. The van der Waals surface area contributed by atoms with Gasteiger partial charge in [0.15, 0.2) is 34.3 Å². The second-order valence-corrected chi connectivity index (χ2v) is 16.9. The summed E-state index contributed by atoms with van der Waals surface area (Å²) in [6, 6.07) is 33.3. The maximum atomic E-state index is 5.52. The SMILES string of the molecule is CCCCc1cccc(-n2c3ccccc3c3c4c(ccc32)c2c([n+]3c4cnc4cccnc43)C3(CC)[n+]4ccccc4-c4nc(C(C)(C)C)nn4C23CC)c1. The molecule has 2 unspecified atom stereocenters. The first-order valence-corrected chi connectivity index (χ1v) is 20.4. The largest absolute Gasteiger partial charge is 0.354 e. The zero-order valence-corrected chi connectivity index (χ0v) is 33.0. The summed E-state index contributed by atoms with van der Waals surface area (Å²) in [5.74, 6) is 1.78. The predicted octanol–water partition coefficient (Wildman–Crippen LogP) is 9.44. The fraction of sp³-hybridized carbons (Fsp3) is 0.292. The third kappa shape index (κ3) is 3.94. The molecule has 0 radical (unpaired) electrons. The lowest BCUT2D eigenvalue weighted by Crippen LogP contribution is -2.81. The van der Waals surface area contributed by atoms with Crippen LogP contribution in [-0.2, 0) is 22.9 Å². The molecule has 0 amide bonds. The number of rotatable bonds is 6. The number of hydrogen-bond donors (Lipinski definition) is 0. The van der Waals surface area contributed by atoms with E-state index in [4.69, 9.17) is 20.1 Å². The highest BCUT2D eigenvalue weighted by atomic mass is 15.5. The second-order valence-electron chi connectivity index (χ2n) is 16.9. The minimum absolute atomic E-state index is 0.228. The van der Waals surface area contributed by atoms with Crippen LogP contribution in [0.1, 0.15) is 89.9 Å². The molecule has 7 heterocycles. The molecule has 11 rings (SSSR count). The van der Waals surface area contributed by atoms with E-state index < -0.39 is 11.1 Å². The summed E-state index contributed by atoms with van der Waals surface area (Å²) in [4.78, 5) is 15.6. The molecule has 2 aliphatic rings. The van der Waals surface area contributed by atoms with E-state index in [-0.39, 0.29) is 5.41 Å². The molecule has 56 heavy (non-hydrogen) atoms. The first kappa shape index (κ1) is 33.3. The Morgan fingerprint density at radius 2 is 1.64 bits per heavy atom. The van der Waals surface area contributed by atoms with Gasteiger partial charge in [-0.05, 0) is 77.7 Å². The quantitative estimate of drug-likeness (QED) is 0.126. The third-order valence-corrected chi connectivity index (χ3v) is 13.0. The fourth-order valence-corrected chi connectivity index (χ4v) is 10.7. The fourth-order valence-electron chi connectivity index (χ4n) is 10.7. The number of pyridine rings is 3. The van der Waals surface area contributed by atoms with E-state index in [0.717, 1.165) is 53.3 Å². The molecule has 0 N–H and O–H groups in total. The Hall–Kier alpha value is -6.02. The first-order valence-electron chi connectivity index (χ1n) is 20.4. The van der Waals surface area contributed by atoms with Crippen LogP contribution in [0.3, 0.4) is 0 Å². The maximum Gasteiger partial charge on any atom is 0.354 e. The number of para-hydroxylation sites is 1. The number of hydrogen-bond acceptors (Lipinski definition) is 4. The Morgan fingerprint density at radius 3 is 2.46 bits per heavy atom. The van der Waals surface area contributed by atoms with Crippen molar-refractivity contribution in [1.29, 1.82) is 0 Å². The van der Waals surface area contributed by atoms with E-state index in [1.807, 2.05) is 12.3 Å². The third-order valence-electron chi connectivity index (χ3n) is 13.0. The van der Waals surface area contributed by atoms with Gasteiger partial charge in [-0.25, -0.2) is 14.6 Å². The molecule has 9 aromatic rings. The smallest absolute Gasteiger partial charge is 0.309 e. The first-order chi connectivity index (χ1) is 27.3. The second kappa shape index (κ2) is 11.5. The summed E-state index contributed by atoms with van der Waals surface area (Å²) < 4.78 is 9.77. The highest BCUT2D eigenvalue weighted by Crippen LogP contribution is 2.62. The van der Waals surface area contributed by atoms with Gasteiger partial charge in [-0.1, -0.05) is 84.4 Å². The van der Waals surface area contributed by atoms with E-state index in [2.05, 4.69) is 157 Å². The number of aromatic nitrogens is 8. The van der Waals surface area contributed by atoms with Gasteiger partial charge < -0.3 is 4.57 Å². The van der Waals surface area contributed by atoms with Gasteiger partial charge in [0.25, 0.3) is 11.2 Å². The van der Waals surface area contributed by atoms with Crippen molar-refractivity contribution in [2.75, 3.05) is 0 Å². The number of nitrogens with zero attached hydrogens (tertiary/aromatic N) is 8. The maximum absolute atomic E-state index is 5.52. The van der Waals surface area contributed by atoms with Crippen molar-refractivity contribution in [3.05, 3.63) is 132 Å². The molecule has 0 spiro atoms. The van der Waals surface area contributed by atoms with Crippen LogP contribution < -0.4 is 8.97 Å². The van der Waals surface area contributed by atoms with E-state index in [9.17, 15) is 0 Å². The number of unbranched alkanes of at least 4 members (excludes halogenated alkanes) is 1. The minimum atomic E-state index is -0.536. The van der Waals surface area contributed by atoms with Crippen LogP contribution in [0.15, 0.2) is 110 Å². The summed E-state index contributed by atoms with van der Waals surface area (Å²) in [6.07, 6.45) is 11.4. The van der Waals surface area contributed by atoms with Crippen LogP contribution in [0, 0.1) is 0 Å². The average Bonchev–Trinajstić information content (AvgIpc) is 3.82. The Labute approximate surface area is 326 Å². The summed E-state index contributed by atoms with van der Waals surface area (Å²) >= 11 is 0. The van der Waals surface area contributed by atoms with Crippen LogP contribution in [0.4, 0.5) is 0 Å². The normalized spacial score (nSPS) is 18.7. The lowest BCUT2D eigenvalue weighted by atomic mass is 9.53. The van der Waals surface area contributed by atoms with E-state index in [1.165, 1.54) is 67.9 Å². The zero-order chi connectivity index (χ0) is 38.1. The Bertz CT molecular complexity index is 3110. The molecule has 1 aliphatic carbocycles. The van der Waals surface area contributed by atoms with Crippen molar-refractivity contribution in [2.24, 2.45) is 0 Å². The number of aryl methyl sites for hydroxylation is 1. The van der Waals surface area contributed by atoms with Gasteiger partial charge in [-0.15, -0.1) is 0 Å². The van der Waals surface area contributed by atoms with E-state index >= 15 is 0 Å². The number of benzene rings is 3. The van der Waals surface area contributed by atoms with Crippen molar-refractivity contribution < 1.29 is 8.97 Å².